The monoisotopic (exact) mass is 346 g/mol. The number of piperidine rings is 1. The molecule has 0 aromatic heterocycles. The molecule has 1 aromatic carbocycles. The molecule has 2 N–H and O–H groups in total. The molecule has 0 saturated carbocycles. The number of halogens is 2. The number of carbonyl (C=O) groups is 1. The molecule has 1 aliphatic rings. The van der Waals surface area contributed by atoms with Gasteiger partial charge in [0.05, 0.1) is 19.8 Å². The molecule has 1 aromatic rings. The van der Waals surface area contributed by atoms with Crippen molar-refractivity contribution in [3.05, 3.63) is 35.1 Å². The van der Waals surface area contributed by atoms with Crippen molar-refractivity contribution in [1.29, 1.82) is 0 Å². The summed E-state index contributed by atoms with van der Waals surface area (Å²) in [5.41, 5.74) is 0.836. The Kier molecular flexibility index (Phi) is 9.09. The van der Waals surface area contributed by atoms with Crippen molar-refractivity contribution >= 4 is 18.3 Å². The van der Waals surface area contributed by atoms with Crippen LogP contribution in [0.5, 0.6) is 0 Å². The predicted molar refractivity (Wildman–Crippen MR) is 88.5 cm³/mol. The number of hydrogen-bond acceptors (Lipinski definition) is 4. The van der Waals surface area contributed by atoms with Crippen LogP contribution < -0.4 is 10.6 Å². The van der Waals surface area contributed by atoms with Crippen molar-refractivity contribution in [3.63, 3.8) is 0 Å². The van der Waals surface area contributed by atoms with Crippen LogP contribution in [-0.4, -0.2) is 45.4 Å². The second-order valence-corrected chi connectivity index (χ2v) is 5.37. The number of carbonyl (C=O) groups excluding carboxylic acids is 1. The Balaban J connectivity index is 0.00000264. The summed E-state index contributed by atoms with van der Waals surface area (Å²) in [7, 11) is 1.58. The number of hydrogen-bond donors (Lipinski definition) is 2. The van der Waals surface area contributed by atoms with E-state index in [9.17, 15) is 9.18 Å². The van der Waals surface area contributed by atoms with E-state index >= 15 is 0 Å². The van der Waals surface area contributed by atoms with Gasteiger partial charge in [0.25, 0.3) is 5.91 Å². The molecule has 1 heterocycles. The maximum Gasteiger partial charge on any atom is 0.251 e. The first-order chi connectivity index (χ1) is 10.7. The highest BCUT2D eigenvalue weighted by Gasteiger charge is 2.17. The highest BCUT2D eigenvalue weighted by atomic mass is 35.5. The maximum atomic E-state index is 13.7. The van der Waals surface area contributed by atoms with Crippen LogP contribution in [-0.2, 0) is 16.1 Å². The van der Waals surface area contributed by atoms with Crippen molar-refractivity contribution in [2.75, 3.05) is 33.4 Å². The fourth-order valence-corrected chi connectivity index (χ4v) is 2.39. The molecule has 0 aliphatic carbocycles. The second-order valence-electron chi connectivity index (χ2n) is 5.37. The Morgan fingerprint density at radius 3 is 2.96 bits per heavy atom. The lowest BCUT2D eigenvalue weighted by atomic mass is 10.1. The molecule has 1 atom stereocenters. The Labute approximate surface area is 142 Å². The highest BCUT2D eigenvalue weighted by Crippen LogP contribution is 2.13. The summed E-state index contributed by atoms with van der Waals surface area (Å²) in [6.07, 6.45) is 2.01. The number of ether oxygens (including phenoxy) is 2. The summed E-state index contributed by atoms with van der Waals surface area (Å²) in [6.45, 7) is 2.74. The summed E-state index contributed by atoms with van der Waals surface area (Å²) < 4.78 is 23.9. The van der Waals surface area contributed by atoms with E-state index in [1.165, 1.54) is 12.1 Å². The van der Waals surface area contributed by atoms with Crippen LogP contribution in [0.15, 0.2) is 18.2 Å². The third-order valence-electron chi connectivity index (χ3n) is 3.63. The lowest BCUT2D eigenvalue weighted by Gasteiger charge is -2.23. The minimum absolute atomic E-state index is 0. The zero-order valence-electron chi connectivity index (χ0n) is 13.3. The number of methoxy groups -OCH3 is 1. The molecule has 1 aliphatic heterocycles. The Bertz CT molecular complexity index is 496. The Morgan fingerprint density at radius 1 is 1.43 bits per heavy atom. The smallest absolute Gasteiger partial charge is 0.251 e. The van der Waals surface area contributed by atoms with E-state index in [0.29, 0.717) is 24.3 Å². The summed E-state index contributed by atoms with van der Waals surface area (Å²) >= 11 is 0. The van der Waals surface area contributed by atoms with Gasteiger partial charge in [-0.05, 0) is 37.6 Å². The third-order valence-corrected chi connectivity index (χ3v) is 3.63. The van der Waals surface area contributed by atoms with Gasteiger partial charge in [-0.15, -0.1) is 12.4 Å². The zero-order chi connectivity index (χ0) is 15.8. The van der Waals surface area contributed by atoms with Crippen molar-refractivity contribution in [2.24, 2.45) is 0 Å². The minimum atomic E-state index is -0.367. The van der Waals surface area contributed by atoms with Crippen LogP contribution >= 0.6 is 12.4 Å². The van der Waals surface area contributed by atoms with Gasteiger partial charge >= 0.3 is 0 Å². The fraction of sp³-hybridized carbons (Fsp3) is 0.562. The maximum absolute atomic E-state index is 13.7. The molecule has 0 unspecified atom stereocenters. The molecule has 7 heteroatoms. The summed E-state index contributed by atoms with van der Waals surface area (Å²) in [6, 6.07) is 4.49. The van der Waals surface area contributed by atoms with Crippen LogP contribution in [0.2, 0.25) is 0 Å². The van der Waals surface area contributed by atoms with E-state index in [1.807, 2.05) is 0 Å². The van der Waals surface area contributed by atoms with Crippen molar-refractivity contribution in [1.82, 2.24) is 10.6 Å². The van der Waals surface area contributed by atoms with Crippen LogP contribution in [0.1, 0.15) is 28.8 Å². The van der Waals surface area contributed by atoms with Gasteiger partial charge in [0.15, 0.2) is 0 Å². The lowest BCUT2D eigenvalue weighted by molar-refractivity contribution is 0.0603. The molecule has 1 fully saturated rings. The Morgan fingerprint density at radius 2 is 2.26 bits per heavy atom. The number of benzene rings is 1. The van der Waals surface area contributed by atoms with Gasteiger partial charge in [-0.1, -0.05) is 0 Å². The third kappa shape index (κ3) is 6.43. The molecule has 0 radical (unpaired) electrons. The quantitative estimate of drug-likeness (QED) is 0.740. The van der Waals surface area contributed by atoms with Gasteiger partial charge in [-0.2, -0.15) is 0 Å². The van der Waals surface area contributed by atoms with Crippen LogP contribution in [0.25, 0.3) is 0 Å². The summed E-state index contributed by atoms with van der Waals surface area (Å²) in [5, 5.41) is 6.22. The standard InChI is InChI=1S/C16H23FN2O3.ClH/c1-21-7-8-22-11-13-9-12(4-5-15(13)17)16(20)19-14-3-2-6-18-10-14;/h4-5,9,14,18H,2-3,6-8,10-11H2,1H3,(H,19,20);1H/t14-;/m0./s1. The van der Waals surface area contributed by atoms with Crippen LogP contribution in [0.3, 0.4) is 0 Å². The van der Waals surface area contributed by atoms with E-state index < -0.39 is 0 Å². The average Bonchev–Trinajstić information content (AvgIpc) is 2.54. The first kappa shape index (κ1) is 19.8. The normalized spacial score (nSPS) is 17.4. The largest absolute Gasteiger partial charge is 0.382 e. The molecule has 1 amide bonds. The van der Waals surface area contributed by atoms with E-state index in [0.717, 1.165) is 25.9 Å². The van der Waals surface area contributed by atoms with Gasteiger partial charge in [0.1, 0.15) is 5.82 Å². The first-order valence-electron chi connectivity index (χ1n) is 7.57. The van der Waals surface area contributed by atoms with Gasteiger partial charge in [0, 0.05) is 30.8 Å². The molecule has 5 nitrogen and oxygen atoms in total. The molecular weight excluding hydrogens is 323 g/mol. The zero-order valence-corrected chi connectivity index (χ0v) is 14.1. The van der Waals surface area contributed by atoms with Gasteiger partial charge < -0.3 is 20.1 Å². The molecule has 1 saturated heterocycles. The van der Waals surface area contributed by atoms with Crippen molar-refractivity contribution in [3.8, 4) is 0 Å². The molecule has 130 valence electrons. The number of amides is 1. The lowest BCUT2D eigenvalue weighted by Crippen LogP contribution is -2.45. The molecular formula is C16H24ClFN2O3. The second kappa shape index (κ2) is 10.5. The average molecular weight is 347 g/mol. The SMILES string of the molecule is COCCOCc1cc(C(=O)N[C@H]2CCCNC2)ccc1F.Cl. The minimum Gasteiger partial charge on any atom is -0.382 e. The molecule has 2 rings (SSSR count). The number of nitrogens with one attached hydrogen (secondary N) is 2. The molecule has 0 bridgehead atoms. The van der Waals surface area contributed by atoms with Crippen LogP contribution in [0, 0.1) is 5.82 Å². The van der Waals surface area contributed by atoms with Gasteiger partial charge in [-0.25, -0.2) is 4.39 Å². The Hall–Kier alpha value is -1.21. The van der Waals surface area contributed by atoms with E-state index in [2.05, 4.69) is 10.6 Å². The molecule has 23 heavy (non-hydrogen) atoms. The van der Waals surface area contributed by atoms with Crippen LogP contribution in [0.4, 0.5) is 4.39 Å². The summed E-state index contributed by atoms with van der Waals surface area (Å²) in [4.78, 5) is 12.2. The number of rotatable bonds is 7. The first-order valence-corrected chi connectivity index (χ1v) is 7.57. The molecule has 0 spiro atoms. The summed E-state index contributed by atoms with van der Waals surface area (Å²) in [5.74, 6) is -0.542. The van der Waals surface area contributed by atoms with Gasteiger partial charge in [-0.3, -0.25) is 4.79 Å². The predicted octanol–water partition coefficient (Wildman–Crippen LogP) is 1.89. The van der Waals surface area contributed by atoms with Gasteiger partial charge in [0.2, 0.25) is 0 Å². The van der Waals surface area contributed by atoms with Crippen molar-refractivity contribution in [2.45, 2.75) is 25.5 Å². The van der Waals surface area contributed by atoms with Crippen molar-refractivity contribution < 1.29 is 18.7 Å². The topological polar surface area (TPSA) is 59.6 Å². The van der Waals surface area contributed by atoms with E-state index in [-0.39, 0.29) is 36.8 Å². The van der Waals surface area contributed by atoms with E-state index in [4.69, 9.17) is 9.47 Å². The highest BCUT2D eigenvalue weighted by molar-refractivity contribution is 5.94. The van der Waals surface area contributed by atoms with E-state index in [1.54, 1.807) is 13.2 Å². The fourth-order valence-electron chi connectivity index (χ4n) is 2.39.